The number of carboxylic acid groups (broad SMARTS) is 1. The third-order valence-corrected chi connectivity index (χ3v) is 10.3. The van der Waals surface area contributed by atoms with Gasteiger partial charge in [-0.25, -0.2) is 29.2 Å². The third-order valence-electron chi connectivity index (χ3n) is 10.3. The Morgan fingerprint density at radius 1 is 1.00 bits per heavy atom. The lowest BCUT2D eigenvalue weighted by molar-refractivity contribution is -0.170. The van der Waals surface area contributed by atoms with E-state index in [1.165, 1.54) is 57.1 Å². The lowest BCUT2D eigenvalue weighted by Crippen LogP contribution is -2.53. The van der Waals surface area contributed by atoms with Gasteiger partial charge in [-0.1, -0.05) is 31.4 Å². The molecule has 5 rings (SSSR count). The summed E-state index contributed by atoms with van der Waals surface area (Å²) in [5.74, 6) is -5.11. The van der Waals surface area contributed by atoms with E-state index in [1.807, 2.05) is 13.8 Å². The zero-order valence-corrected chi connectivity index (χ0v) is 30.9. The van der Waals surface area contributed by atoms with E-state index < -0.39 is 65.7 Å². The van der Waals surface area contributed by atoms with Crippen molar-refractivity contribution < 1.29 is 47.0 Å². The van der Waals surface area contributed by atoms with Gasteiger partial charge in [0, 0.05) is 39.6 Å². The number of hydrogen-bond donors (Lipinski definition) is 2. The molecule has 2 aromatic rings. The van der Waals surface area contributed by atoms with Crippen molar-refractivity contribution in [3.63, 3.8) is 0 Å². The van der Waals surface area contributed by atoms with Crippen molar-refractivity contribution in [3.8, 4) is 0 Å². The van der Waals surface area contributed by atoms with Crippen LogP contribution in [0.4, 0.5) is 45.9 Å². The number of nitrogens with one attached hydrogen (secondary N) is 1. The van der Waals surface area contributed by atoms with Gasteiger partial charge in [0.05, 0.1) is 11.9 Å². The van der Waals surface area contributed by atoms with E-state index in [-0.39, 0.29) is 29.6 Å². The molecule has 2 N–H and O–H groups in total. The number of amides is 7. The second-order valence-corrected chi connectivity index (χ2v) is 13.8. The summed E-state index contributed by atoms with van der Waals surface area (Å²) in [6.45, 7) is 7.21. The van der Waals surface area contributed by atoms with Gasteiger partial charge in [-0.2, -0.15) is 18.2 Å². The molecule has 1 aliphatic carbocycles. The van der Waals surface area contributed by atoms with Crippen molar-refractivity contribution >= 4 is 58.9 Å². The summed E-state index contributed by atoms with van der Waals surface area (Å²) in [6.07, 6.45) is -2.62. The summed E-state index contributed by atoms with van der Waals surface area (Å²) in [7, 11) is 2.85. The third kappa shape index (κ3) is 6.98. The highest BCUT2D eigenvalue weighted by Gasteiger charge is 2.62. The first-order valence-corrected chi connectivity index (χ1v) is 17.7. The van der Waals surface area contributed by atoms with Gasteiger partial charge in [-0.05, 0) is 58.2 Å². The van der Waals surface area contributed by atoms with Crippen molar-refractivity contribution in [2.45, 2.75) is 96.2 Å². The molecule has 2 saturated heterocycles. The molecule has 19 heteroatoms. The second-order valence-electron chi connectivity index (χ2n) is 13.8. The Morgan fingerprint density at radius 2 is 1.61 bits per heavy atom. The number of benzene rings is 1. The number of hydrogen-bond acceptors (Lipinski definition) is 10. The molecule has 1 aromatic heterocycles. The standard InChI is InChI=1S/C35H44F3N9O7/c1-7-44(8-2)31-39-19-24(45(20(3)4)30(52)35(36,37)38)25(41-31)40-23(28(49)50)18-21-12-14-22(15-13-21)46-27(48)26(42(5)32(46)53)47-29(51)34(43(6)33(47)54)16-10-9-11-17-34/h12-15,19-20,23,26H,7-11,16-18H2,1-6H3,(H,49,50)(H,39,40,41)/t23?,26-/m0/s1. The number of anilines is 4. The molecule has 0 radical (unpaired) electrons. The molecule has 54 heavy (non-hydrogen) atoms. The van der Waals surface area contributed by atoms with Crippen LogP contribution in [0.5, 0.6) is 0 Å². The highest BCUT2D eigenvalue weighted by Crippen LogP contribution is 2.42. The molecule has 0 bridgehead atoms. The molecule has 2 atom stereocenters. The number of rotatable bonds is 12. The van der Waals surface area contributed by atoms with Gasteiger partial charge in [0.2, 0.25) is 5.95 Å². The summed E-state index contributed by atoms with van der Waals surface area (Å²) in [5.41, 5.74) is -0.947. The fourth-order valence-electron chi connectivity index (χ4n) is 7.31. The summed E-state index contributed by atoms with van der Waals surface area (Å²) in [4.78, 5) is 94.2. The molecule has 1 saturated carbocycles. The average molecular weight is 760 g/mol. The Bertz CT molecular complexity index is 1810. The maximum absolute atomic E-state index is 13.8. The van der Waals surface area contributed by atoms with Gasteiger partial charge < -0.3 is 20.2 Å². The maximum atomic E-state index is 13.8. The fraction of sp³-hybridized carbons (Fsp3) is 0.543. The van der Waals surface area contributed by atoms with E-state index in [0.717, 1.165) is 40.2 Å². The second kappa shape index (κ2) is 15.1. The van der Waals surface area contributed by atoms with Gasteiger partial charge >= 0.3 is 30.1 Å². The summed E-state index contributed by atoms with van der Waals surface area (Å²) in [6, 6.07) is 1.80. The smallest absolute Gasteiger partial charge is 0.471 e. The van der Waals surface area contributed by atoms with Crippen molar-refractivity contribution in [2.24, 2.45) is 0 Å². The van der Waals surface area contributed by atoms with Crippen LogP contribution in [0.3, 0.4) is 0 Å². The highest BCUT2D eigenvalue weighted by atomic mass is 19.4. The molecule has 292 valence electrons. The number of carbonyl (C=O) groups is 6. The molecule has 3 aliphatic rings. The molecular weight excluding hydrogens is 715 g/mol. The minimum absolute atomic E-state index is 0.1000. The Hall–Kier alpha value is -5.49. The number of carboxylic acids is 1. The molecule has 3 heterocycles. The van der Waals surface area contributed by atoms with Gasteiger partial charge in [-0.3, -0.25) is 24.2 Å². The predicted molar refractivity (Wildman–Crippen MR) is 190 cm³/mol. The zero-order chi connectivity index (χ0) is 39.9. The average Bonchev–Trinajstić information content (AvgIpc) is 3.44. The van der Waals surface area contributed by atoms with Gasteiger partial charge in [0.15, 0.2) is 12.0 Å². The minimum Gasteiger partial charge on any atom is -0.480 e. The van der Waals surface area contributed by atoms with E-state index in [4.69, 9.17) is 0 Å². The molecular formula is C35H44F3N9O7. The fourth-order valence-corrected chi connectivity index (χ4v) is 7.31. The number of carbonyl (C=O) groups excluding carboxylic acids is 5. The van der Waals surface area contributed by atoms with Crippen molar-refractivity contribution in [1.29, 1.82) is 0 Å². The van der Waals surface area contributed by atoms with Crippen LogP contribution in [0, 0.1) is 0 Å². The molecule has 7 amide bonds. The van der Waals surface area contributed by atoms with E-state index in [2.05, 4.69) is 15.3 Å². The number of halogens is 3. The maximum Gasteiger partial charge on any atom is 0.471 e. The van der Waals surface area contributed by atoms with Crippen LogP contribution in [-0.2, 0) is 25.6 Å². The number of alkyl halides is 3. The first-order valence-electron chi connectivity index (χ1n) is 17.7. The van der Waals surface area contributed by atoms with Crippen molar-refractivity contribution in [2.75, 3.05) is 47.2 Å². The highest BCUT2D eigenvalue weighted by molar-refractivity contribution is 6.23. The Morgan fingerprint density at radius 3 is 2.15 bits per heavy atom. The SMILES string of the molecule is CCN(CC)c1ncc(N(C(=O)C(F)(F)F)C(C)C)c(NC(Cc2ccc(N3C(=O)[C@H](N4C(=O)N(C)C5(CCCCC5)C4=O)N(C)C3=O)cc2)C(=O)O)n1. The number of aromatic nitrogens is 2. The molecule has 1 aromatic carbocycles. The van der Waals surface area contributed by atoms with Crippen LogP contribution >= 0.6 is 0 Å². The zero-order valence-electron chi connectivity index (χ0n) is 30.9. The number of nitrogens with zero attached hydrogens (tertiary/aromatic N) is 8. The lowest BCUT2D eigenvalue weighted by Gasteiger charge is -2.36. The molecule has 2 aliphatic heterocycles. The van der Waals surface area contributed by atoms with Crippen LogP contribution in [0.2, 0.25) is 0 Å². The van der Waals surface area contributed by atoms with Crippen LogP contribution in [-0.4, -0.2) is 123 Å². The first-order chi connectivity index (χ1) is 25.4. The quantitative estimate of drug-likeness (QED) is 0.298. The largest absolute Gasteiger partial charge is 0.480 e. The molecule has 1 spiro atoms. The number of urea groups is 2. The summed E-state index contributed by atoms with van der Waals surface area (Å²) in [5, 5.41) is 12.9. The Labute approximate surface area is 309 Å². The van der Waals surface area contributed by atoms with Gasteiger partial charge in [0.1, 0.15) is 17.3 Å². The van der Waals surface area contributed by atoms with E-state index in [9.17, 15) is 47.0 Å². The number of aliphatic carboxylic acids is 1. The summed E-state index contributed by atoms with van der Waals surface area (Å²) >= 11 is 0. The number of likely N-dealkylation sites (N-methyl/N-ethyl adjacent to an activating group) is 2. The van der Waals surface area contributed by atoms with Crippen LogP contribution in [0.15, 0.2) is 30.5 Å². The van der Waals surface area contributed by atoms with Gasteiger partial charge in [-0.15, -0.1) is 0 Å². The number of imide groups is 2. The normalized spacial score (nSPS) is 19.3. The lowest BCUT2D eigenvalue weighted by atomic mass is 9.80. The van der Waals surface area contributed by atoms with E-state index in [0.29, 0.717) is 36.4 Å². The monoisotopic (exact) mass is 759 g/mol. The summed E-state index contributed by atoms with van der Waals surface area (Å²) < 4.78 is 41.0. The molecule has 1 unspecified atom stereocenters. The minimum atomic E-state index is -5.24. The van der Waals surface area contributed by atoms with E-state index >= 15 is 0 Å². The van der Waals surface area contributed by atoms with Crippen molar-refractivity contribution in [1.82, 2.24) is 24.7 Å². The van der Waals surface area contributed by atoms with Crippen LogP contribution < -0.4 is 20.0 Å². The Balaban J connectivity index is 1.40. The van der Waals surface area contributed by atoms with E-state index in [1.54, 1.807) is 4.90 Å². The van der Waals surface area contributed by atoms with Gasteiger partial charge in [0.25, 0.3) is 11.8 Å². The van der Waals surface area contributed by atoms with Crippen molar-refractivity contribution in [3.05, 3.63) is 36.0 Å². The van der Waals surface area contributed by atoms with Crippen LogP contribution in [0.25, 0.3) is 0 Å². The Kier molecular flexibility index (Phi) is 11.1. The molecule has 3 fully saturated rings. The predicted octanol–water partition coefficient (Wildman–Crippen LogP) is 4.06. The molecule has 16 nitrogen and oxygen atoms in total. The first kappa shape index (κ1) is 39.7. The topological polar surface area (TPSA) is 180 Å². The van der Waals surface area contributed by atoms with Crippen LogP contribution in [0.1, 0.15) is 65.4 Å².